The van der Waals surface area contributed by atoms with Crippen LogP contribution in [0.25, 0.3) is 10.9 Å². The van der Waals surface area contributed by atoms with Crippen LogP contribution < -0.4 is 14.2 Å². The Morgan fingerprint density at radius 3 is 2.14 bits per heavy atom. The summed E-state index contributed by atoms with van der Waals surface area (Å²) in [6.07, 6.45) is 2.08. The van der Waals surface area contributed by atoms with Gasteiger partial charge in [0, 0.05) is 24.2 Å². The van der Waals surface area contributed by atoms with Crippen molar-refractivity contribution in [2.45, 2.75) is 6.54 Å². The molecule has 0 aliphatic carbocycles. The SMILES string of the molecule is COc1ccc(Cn2ccc3cc(OC)c(OC)cc32)cc1. The normalized spacial score (nSPS) is 10.7. The van der Waals surface area contributed by atoms with Crippen LogP contribution in [-0.4, -0.2) is 25.9 Å². The summed E-state index contributed by atoms with van der Waals surface area (Å²) in [5.74, 6) is 2.36. The highest BCUT2D eigenvalue weighted by molar-refractivity contribution is 5.84. The Balaban J connectivity index is 1.96. The molecule has 3 aromatic rings. The largest absolute Gasteiger partial charge is 0.497 e. The first-order valence-electron chi connectivity index (χ1n) is 7.09. The Morgan fingerprint density at radius 2 is 1.50 bits per heavy atom. The van der Waals surface area contributed by atoms with Gasteiger partial charge in [-0.25, -0.2) is 0 Å². The van der Waals surface area contributed by atoms with Gasteiger partial charge in [0.05, 0.1) is 26.8 Å². The molecule has 0 atom stereocenters. The molecule has 114 valence electrons. The number of ether oxygens (including phenoxy) is 3. The highest BCUT2D eigenvalue weighted by Gasteiger charge is 2.09. The van der Waals surface area contributed by atoms with Crippen molar-refractivity contribution in [3.05, 3.63) is 54.2 Å². The van der Waals surface area contributed by atoms with Gasteiger partial charge in [-0.1, -0.05) is 12.1 Å². The minimum absolute atomic E-state index is 0.740. The topological polar surface area (TPSA) is 32.6 Å². The van der Waals surface area contributed by atoms with E-state index in [4.69, 9.17) is 14.2 Å². The minimum atomic E-state index is 0.740. The van der Waals surface area contributed by atoms with Crippen molar-refractivity contribution < 1.29 is 14.2 Å². The molecule has 22 heavy (non-hydrogen) atoms. The van der Waals surface area contributed by atoms with Crippen LogP contribution in [0.1, 0.15) is 5.56 Å². The average molecular weight is 297 g/mol. The fourth-order valence-corrected chi connectivity index (χ4v) is 2.58. The van der Waals surface area contributed by atoms with Crippen molar-refractivity contribution in [2.24, 2.45) is 0 Å². The maximum Gasteiger partial charge on any atom is 0.162 e. The van der Waals surface area contributed by atoms with E-state index >= 15 is 0 Å². The quantitative estimate of drug-likeness (QED) is 0.719. The smallest absolute Gasteiger partial charge is 0.162 e. The zero-order valence-corrected chi connectivity index (χ0v) is 13.0. The molecule has 4 heteroatoms. The van der Waals surface area contributed by atoms with E-state index in [1.807, 2.05) is 24.3 Å². The highest BCUT2D eigenvalue weighted by atomic mass is 16.5. The summed E-state index contributed by atoms with van der Waals surface area (Å²) >= 11 is 0. The number of rotatable bonds is 5. The Labute approximate surface area is 129 Å². The monoisotopic (exact) mass is 297 g/mol. The third kappa shape index (κ3) is 2.60. The molecule has 0 amide bonds. The van der Waals surface area contributed by atoms with Gasteiger partial charge >= 0.3 is 0 Å². The molecule has 3 rings (SSSR count). The lowest BCUT2D eigenvalue weighted by atomic mass is 10.2. The average Bonchev–Trinajstić information content (AvgIpc) is 2.96. The van der Waals surface area contributed by atoms with Gasteiger partial charge < -0.3 is 18.8 Å². The molecular weight excluding hydrogens is 278 g/mol. The Kier molecular flexibility index (Phi) is 3.92. The second-order valence-corrected chi connectivity index (χ2v) is 5.06. The second-order valence-electron chi connectivity index (χ2n) is 5.06. The van der Waals surface area contributed by atoms with E-state index in [-0.39, 0.29) is 0 Å². The molecule has 1 aromatic heterocycles. The minimum Gasteiger partial charge on any atom is -0.497 e. The zero-order chi connectivity index (χ0) is 15.5. The maximum absolute atomic E-state index is 5.39. The molecular formula is C18H19NO3. The fourth-order valence-electron chi connectivity index (χ4n) is 2.58. The third-order valence-corrected chi connectivity index (χ3v) is 3.79. The lowest BCUT2D eigenvalue weighted by molar-refractivity contribution is 0.355. The maximum atomic E-state index is 5.39. The molecule has 0 aliphatic rings. The van der Waals surface area contributed by atoms with Gasteiger partial charge in [0.25, 0.3) is 0 Å². The first-order chi connectivity index (χ1) is 10.7. The third-order valence-electron chi connectivity index (χ3n) is 3.79. The number of benzene rings is 2. The first-order valence-corrected chi connectivity index (χ1v) is 7.09. The number of hydrogen-bond donors (Lipinski definition) is 0. The summed E-state index contributed by atoms with van der Waals surface area (Å²) in [6.45, 7) is 0.795. The lowest BCUT2D eigenvalue weighted by Crippen LogP contribution is -1.98. The van der Waals surface area contributed by atoms with Crippen molar-refractivity contribution in [3.63, 3.8) is 0 Å². The van der Waals surface area contributed by atoms with Gasteiger partial charge in [0.1, 0.15) is 5.75 Å². The standard InChI is InChI=1S/C18H19NO3/c1-20-15-6-4-13(5-7-15)12-19-9-8-14-10-17(21-2)18(22-3)11-16(14)19/h4-11H,12H2,1-3H3. The van der Waals surface area contributed by atoms with E-state index in [9.17, 15) is 0 Å². The van der Waals surface area contributed by atoms with Gasteiger partial charge in [0.2, 0.25) is 0 Å². The summed E-state index contributed by atoms with van der Waals surface area (Å²) in [4.78, 5) is 0. The van der Waals surface area contributed by atoms with Crippen LogP contribution in [0.2, 0.25) is 0 Å². The second kappa shape index (κ2) is 6.02. The molecule has 0 radical (unpaired) electrons. The lowest BCUT2D eigenvalue weighted by Gasteiger charge is -2.10. The number of nitrogens with zero attached hydrogens (tertiary/aromatic N) is 1. The van der Waals surface area contributed by atoms with Crippen molar-refractivity contribution in [1.29, 1.82) is 0 Å². The van der Waals surface area contributed by atoms with E-state index in [0.717, 1.165) is 34.7 Å². The van der Waals surface area contributed by atoms with E-state index in [1.54, 1.807) is 21.3 Å². The predicted octanol–water partition coefficient (Wildman–Crippen LogP) is 3.72. The van der Waals surface area contributed by atoms with Crippen LogP contribution in [0.5, 0.6) is 17.2 Å². The summed E-state index contributed by atoms with van der Waals surface area (Å²) in [7, 11) is 4.98. The van der Waals surface area contributed by atoms with E-state index in [1.165, 1.54) is 5.56 Å². The number of hydrogen-bond acceptors (Lipinski definition) is 3. The van der Waals surface area contributed by atoms with Gasteiger partial charge in [-0.2, -0.15) is 0 Å². The van der Waals surface area contributed by atoms with Gasteiger partial charge in [0.15, 0.2) is 11.5 Å². The van der Waals surface area contributed by atoms with Crippen LogP contribution in [0.3, 0.4) is 0 Å². The van der Waals surface area contributed by atoms with E-state index < -0.39 is 0 Å². The Morgan fingerprint density at radius 1 is 0.818 bits per heavy atom. The Bertz CT molecular complexity index is 775. The van der Waals surface area contributed by atoms with Crippen LogP contribution in [-0.2, 0) is 6.54 Å². The van der Waals surface area contributed by atoms with Crippen LogP contribution in [0, 0.1) is 0 Å². The molecule has 0 bridgehead atoms. The molecule has 1 heterocycles. The van der Waals surface area contributed by atoms with Crippen LogP contribution in [0.15, 0.2) is 48.7 Å². The van der Waals surface area contributed by atoms with Gasteiger partial charge in [-0.3, -0.25) is 0 Å². The van der Waals surface area contributed by atoms with E-state index in [2.05, 4.69) is 29.0 Å². The summed E-state index contributed by atoms with van der Waals surface area (Å²) in [5.41, 5.74) is 2.33. The molecule has 0 spiro atoms. The molecule has 0 N–H and O–H groups in total. The predicted molar refractivity (Wildman–Crippen MR) is 87.1 cm³/mol. The fraction of sp³-hybridized carbons (Fsp3) is 0.222. The summed E-state index contributed by atoms with van der Waals surface area (Å²) in [5, 5.41) is 1.13. The Hall–Kier alpha value is -2.62. The molecule has 2 aromatic carbocycles. The summed E-state index contributed by atoms with van der Waals surface area (Å²) < 4.78 is 18.1. The summed E-state index contributed by atoms with van der Waals surface area (Å²) in [6, 6.07) is 14.2. The number of aromatic nitrogens is 1. The van der Waals surface area contributed by atoms with Crippen molar-refractivity contribution in [2.75, 3.05) is 21.3 Å². The zero-order valence-electron chi connectivity index (χ0n) is 13.0. The first kappa shape index (κ1) is 14.3. The molecule has 0 aliphatic heterocycles. The molecule has 0 saturated carbocycles. The van der Waals surface area contributed by atoms with E-state index in [0.29, 0.717) is 0 Å². The van der Waals surface area contributed by atoms with Crippen LogP contribution in [0.4, 0.5) is 0 Å². The molecule has 0 saturated heterocycles. The van der Waals surface area contributed by atoms with Crippen molar-refractivity contribution in [1.82, 2.24) is 4.57 Å². The molecule has 0 unspecified atom stereocenters. The highest BCUT2D eigenvalue weighted by Crippen LogP contribution is 2.32. The molecule has 0 fully saturated rings. The van der Waals surface area contributed by atoms with Crippen molar-refractivity contribution >= 4 is 10.9 Å². The molecule has 4 nitrogen and oxygen atoms in total. The van der Waals surface area contributed by atoms with Crippen LogP contribution >= 0.6 is 0 Å². The number of methoxy groups -OCH3 is 3. The van der Waals surface area contributed by atoms with Gasteiger partial charge in [-0.05, 0) is 29.8 Å². The van der Waals surface area contributed by atoms with Gasteiger partial charge in [-0.15, -0.1) is 0 Å². The van der Waals surface area contributed by atoms with Crippen molar-refractivity contribution in [3.8, 4) is 17.2 Å². The number of fused-ring (bicyclic) bond motifs is 1.